The van der Waals surface area contributed by atoms with E-state index in [9.17, 15) is 44.2 Å². The highest BCUT2D eigenvalue weighted by Crippen LogP contribution is 2.30. The molecule has 0 amide bonds. The van der Waals surface area contributed by atoms with Crippen molar-refractivity contribution in [2.24, 2.45) is 0 Å². The molecule has 2 rings (SSSR count). The standard InChI is InChI=1S/C12H22O14S/c13-1-3-5(15)6(16)10(26-27(20,21)22)12(24-3)25-9-4(2-14)23-11(19)8(18)7(9)17/h3-19H,1-2H2,(H,20,21,22)/t3-,4-,5+,6+,7-,8-,9+,10-,11+,12+/m1/s1. The number of hydrogen-bond acceptors (Lipinski definition) is 13. The Balaban J connectivity index is 2.27. The lowest BCUT2D eigenvalue weighted by Gasteiger charge is -2.45. The molecule has 2 saturated heterocycles. The number of aliphatic hydroxyl groups is 7. The van der Waals surface area contributed by atoms with Gasteiger partial charge in [0.1, 0.15) is 42.7 Å². The van der Waals surface area contributed by atoms with E-state index in [2.05, 4.69) is 4.18 Å². The van der Waals surface area contributed by atoms with Crippen molar-refractivity contribution >= 4 is 10.4 Å². The summed E-state index contributed by atoms with van der Waals surface area (Å²) in [5.41, 5.74) is 0. The van der Waals surface area contributed by atoms with E-state index in [0.29, 0.717) is 0 Å². The van der Waals surface area contributed by atoms with Gasteiger partial charge in [-0.15, -0.1) is 0 Å². The Hall–Kier alpha value is -0.530. The van der Waals surface area contributed by atoms with Gasteiger partial charge in [-0.05, 0) is 0 Å². The Morgan fingerprint density at radius 3 is 1.85 bits per heavy atom. The minimum absolute atomic E-state index is 0.809. The van der Waals surface area contributed by atoms with E-state index < -0.39 is 85.0 Å². The summed E-state index contributed by atoms with van der Waals surface area (Å²) in [7, 11) is -5.16. The molecule has 8 N–H and O–H groups in total. The summed E-state index contributed by atoms with van der Waals surface area (Å²) in [6.45, 7) is -1.64. The third kappa shape index (κ3) is 5.10. The molecule has 0 radical (unpaired) electrons. The van der Waals surface area contributed by atoms with Crippen LogP contribution in [0.4, 0.5) is 0 Å². The summed E-state index contributed by atoms with van der Waals surface area (Å²) < 4.78 is 50.4. The Morgan fingerprint density at radius 2 is 1.33 bits per heavy atom. The summed E-state index contributed by atoms with van der Waals surface area (Å²) in [6, 6.07) is 0. The van der Waals surface area contributed by atoms with Crippen molar-refractivity contribution < 1.29 is 67.1 Å². The summed E-state index contributed by atoms with van der Waals surface area (Å²) in [6.07, 6.45) is -17.9. The largest absolute Gasteiger partial charge is 0.397 e. The van der Waals surface area contributed by atoms with E-state index in [1.807, 2.05) is 0 Å². The average Bonchev–Trinajstić information content (AvgIpc) is 2.60. The molecule has 14 nitrogen and oxygen atoms in total. The van der Waals surface area contributed by atoms with Gasteiger partial charge in [0, 0.05) is 0 Å². The first-order chi connectivity index (χ1) is 12.5. The van der Waals surface area contributed by atoms with Crippen molar-refractivity contribution in [1.82, 2.24) is 0 Å². The lowest BCUT2D eigenvalue weighted by molar-refractivity contribution is -0.352. The fourth-order valence-electron chi connectivity index (χ4n) is 2.80. The van der Waals surface area contributed by atoms with Gasteiger partial charge in [0.15, 0.2) is 18.7 Å². The smallest absolute Gasteiger partial charge is 0.394 e. The molecule has 2 heterocycles. The number of aliphatic hydroxyl groups excluding tert-OH is 7. The van der Waals surface area contributed by atoms with Crippen LogP contribution in [0, 0.1) is 0 Å². The van der Waals surface area contributed by atoms with E-state index in [0.717, 1.165) is 0 Å². The minimum atomic E-state index is -5.16. The molecule has 160 valence electrons. The predicted molar refractivity (Wildman–Crippen MR) is 79.0 cm³/mol. The van der Waals surface area contributed by atoms with Gasteiger partial charge in [0.2, 0.25) is 0 Å². The molecule has 2 aliphatic heterocycles. The zero-order valence-electron chi connectivity index (χ0n) is 13.6. The van der Waals surface area contributed by atoms with E-state index in [4.69, 9.17) is 18.8 Å². The molecule has 2 fully saturated rings. The van der Waals surface area contributed by atoms with Gasteiger partial charge in [-0.3, -0.25) is 4.55 Å². The fourth-order valence-corrected chi connectivity index (χ4v) is 3.28. The molecule has 0 saturated carbocycles. The van der Waals surface area contributed by atoms with E-state index in [1.54, 1.807) is 0 Å². The van der Waals surface area contributed by atoms with Crippen LogP contribution in [0.2, 0.25) is 0 Å². The second-order valence-corrected chi connectivity index (χ2v) is 7.07. The second-order valence-electron chi connectivity index (χ2n) is 6.02. The quantitative estimate of drug-likeness (QED) is 0.186. The van der Waals surface area contributed by atoms with Crippen LogP contribution in [0.15, 0.2) is 0 Å². The van der Waals surface area contributed by atoms with Crippen molar-refractivity contribution in [3.8, 4) is 0 Å². The summed E-state index contributed by atoms with van der Waals surface area (Å²) in [5.74, 6) is 0. The molecular weight excluding hydrogens is 400 g/mol. The number of ether oxygens (including phenoxy) is 3. The normalized spacial score (nSPS) is 46.4. The fraction of sp³-hybridized carbons (Fsp3) is 1.00. The molecule has 2 aliphatic rings. The van der Waals surface area contributed by atoms with E-state index in [1.165, 1.54) is 0 Å². The molecule has 15 heteroatoms. The average molecular weight is 422 g/mol. The first-order valence-corrected chi connectivity index (χ1v) is 9.10. The summed E-state index contributed by atoms with van der Waals surface area (Å²) in [5, 5.41) is 67.6. The maximum atomic E-state index is 11.0. The monoisotopic (exact) mass is 422 g/mol. The third-order valence-corrected chi connectivity index (χ3v) is 4.65. The zero-order chi connectivity index (χ0) is 20.5. The van der Waals surface area contributed by atoms with Crippen molar-refractivity contribution in [2.75, 3.05) is 13.2 Å². The van der Waals surface area contributed by atoms with Gasteiger partial charge in [-0.1, -0.05) is 0 Å². The van der Waals surface area contributed by atoms with Crippen LogP contribution >= 0.6 is 0 Å². The SMILES string of the molecule is O=S(=O)(O)O[C@H]1[C@H](O[C@@H]2[C@H](O)[C@@H](O)[C@@H](O)O[C@@H]2CO)O[C@H](CO)[C@H](O)[C@@H]1O. The van der Waals surface area contributed by atoms with Crippen LogP contribution in [0.25, 0.3) is 0 Å². The van der Waals surface area contributed by atoms with Crippen molar-refractivity contribution in [2.45, 2.75) is 61.4 Å². The van der Waals surface area contributed by atoms with Gasteiger partial charge < -0.3 is 50.0 Å². The molecule has 0 aromatic carbocycles. The van der Waals surface area contributed by atoms with Crippen molar-refractivity contribution in [1.29, 1.82) is 0 Å². The van der Waals surface area contributed by atoms with Crippen LogP contribution in [-0.2, 0) is 28.8 Å². The van der Waals surface area contributed by atoms with E-state index >= 15 is 0 Å². The summed E-state index contributed by atoms with van der Waals surface area (Å²) in [4.78, 5) is 0. The molecule has 10 atom stereocenters. The topological polar surface area (TPSA) is 233 Å². The van der Waals surface area contributed by atoms with Gasteiger partial charge >= 0.3 is 10.4 Å². The van der Waals surface area contributed by atoms with Crippen LogP contribution in [0.1, 0.15) is 0 Å². The maximum absolute atomic E-state index is 11.0. The van der Waals surface area contributed by atoms with Gasteiger partial charge in [0.05, 0.1) is 13.2 Å². The highest BCUT2D eigenvalue weighted by atomic mass is 32.3. The third-order valence-electron chi connectivity index (χ3n) is 4.19. The number of rotatable bonds is 6. The molecule has 0 bridgehead atoms. The Morgan fingerprint density at radius 1 is 0.778 bits per heavy atom. The highest BCUT2D eigenvalue weighted by molar-refractivity contribution is 7.80. The molecule has 0 spiro atoms. The van der Waals surface area contributed by atoms with Crippen LogP contribution in [0.3, 0.4) is 0 Å². The van der Waals surface area contributed by atoms with Crippen molar-refractivity contribution in [3.63, 3.8) is 0 Å². The highest BCUT2D eigenvalue weighted by Gasteiger charge is 2.52. The molecule has 0 unspecified atom stereocenters. The summed E-state index contributed by atoms with van der Waals surface area (Å²) >= 11 is 0. The Labute approximate surface area is 153 Å². The number of hydrogen-bond donors (Lipinski definition) is 8. The molecule has 27 heavy (non-hydrogen) atoms. The molecule has 0 aliphatic carbocycles. The molecular formula is C12H22O14S. The molecule has 0 aromatic heterocycles. The lowest BCUT2D eigenvalue weighted by Crippen LogP contribution is -2.65. The lowest BCUT2D eigenvalue weighted by atomic mass is 9.97. The van der Waals surface area contributed by atoms with Crippen LogP contribution in [0.5, 0.6) is 0 Å². The van der Waals surface area contributed by atoms with E-state index in [-0.39, 0.29) is 0 Å². The first kappa shape index (κ1) is 22.8. The molecule has 0 aromatic rings. The van der Waals surface area contributed by atoms with Gasteiger partial charge in [-0.2, -0.15) is 8.42 Å². The Kier molecular flexibility index (Phi) is 7.47. The van der Waals surface area contributed by atoms with Crippen LogP contribution in [-0.4, -0.2) is 123 Å². The van der Waals surface area contributed by atoms with Crippen LogP contribution < -0.4 is 0 Å². The Bertz CT molecular complexity index is 583. The van der Waals surface area contributed by atoms with Gasteiger partial charge in [0.25, 0.3) is 0 Å². The minimum Gasteiger partial charge on any atom is -0.394 e. The second kappa shape index (κ2) is 8.87. The van der Waals surface area contributed by atoms with Crippen molar-refractivity contribution in [3.05, 3.63) is 0 Å². The maximum Gasteiger partial charge on any atom is 0.397 e. The predicted octanol–water partition coefficient (Wildman–Crippen LogP) is -5.57. The van der Waals surface area contributed by atoms with Gasteiger partial charge in [-0.25, -0.2) is 4.18 Å². The first-order valence-electron chi connectivity index (χ1n) is 7.74. The zero-order valence-corrected chi connectivity index (χ0v) is 14.4.